The molecule has 0 bridgehead atoms. The van der Waals surface area contributed by atoms with Crippen LogP contribution in [-0.2, 0) is 13.0 Å². The third-order valence-corrected chi connectivity index (χ3v) is 6.63. The zero-order valence-corrected chi connectivity index (χ0v) is 26.9. The molecule has 0 saturated heterocycles. The van der Waals surface area contributed by atoms with Gasteiger partial charge >= 0.3 is 57.6 Å². The minimum atomic E-state index is -4.44. The quantitative estimate of drug-likeness (QED) is 0.235. The fourth-order valence-corrected chi connectivity index (χ4v) is 4.73. The summed E-state index contributed by atoms with van der Waals surface area (Å²) in [4.78, 5) is 22.4. The molecule has 0 fully saturated rings. The van der Waals surface area contributed by atoms with E-state index in [1.54, 1.807) is 29.7 Å². The molecular formula is C31H26F3KN4O4. The number of aryl methyl sites for hydroxylation is 2. The van der Waals surface area contributed by atoms with Gasteiger partial charge in [-0.3, -0.25) is 9.36 Å². The van der Waals surface area contributed by atoms with Crippen molar-refractivity contribution in [2.45, 2.75) is 39.4 Å². The molecule has 5 aromatic rings. The number of aromatic nitrogens is 4. The molecule has 0 radical (unpaired) electrons. The first-order chi connectivity index (χ1) is 20.1. The molecule has 0 spiro atoms. The van der Waals surface area contributed by atoms with Crippen LogP contribution in [0.4, 0.5) is 13.2 Å². The van der Waals surface area contributed by atoms with Gasteiger partial charge in [-0.1, -0.05) is 67.6 Å². The summed E-state index contributed by atoms with van der Waals surface area (Å²) >= 11 is 0. The molecule has 0 aliphatic rings. The number of alkyl halides is 3. The Morgan fingerprint density at radius 2 is 1.58 bits per heavy atom. The first-order valence-electron chi connectivity index (χ1n) is 13.2. The summed E-state index contributed by atoms with van der Waals surface area (Å²) in [7, 11) is 0. The molecule has 2 heterocycles. The molecule has 0 N–H and O–H groups in total. The first kappa shape index (κ1) is 32.6. The SMILES string of the molecule is CCCc1nc(C)c(-c2ccc(OCC(F)(F)F)cc2)c(=O)n1Cc1ccc(-c2ccccc2-c2noc([O-])n2)cc1.[K+]. The number of benzene rings is 3. The fraction of sp³-hybridized carbons (Fsp3) is 0.226. The summed E-state index contributed by atoms with van der Waals surface area (Å²) in [6.07, 6.45) is -3.83. The van der Waals surface area contributed by atoms with Gasteiger partial charge in [-0.2, -0.15) is 18.3 Å². The summed E-state index contributed by atoms with van der Waals surface area (Å²) < 4.78 is 48.6. The van der Waals surface area contributed by atoms with Crippen LogP contribution in [0.25, 0.3) is 33.6 Å². The van der Waals surface area contributed by atoms with Gasteiger partial charge in [0, 0.05) is 12.0 Å². The Bertz CT molecular complexity index is 1750. The summed E-state index contributed by atoms with van der Waals surface area (Å²) in [5.74, 6) is 0.904. The summed E-state index contributed by atoms with van der Waals surface area (Å²) in [5, 5.41) is 15.2. The Balaban J connectivity index is 0.00000423. The number of halogens is 3. The largest absolute Gasteiger partial charge is 1.00 e. The molecule has 0 atom stereocenters. The molecule has 12 heteroatoms. The molecule has 0 aliphatic carbocycles. The van der Waals surface area contributed by atoms with Crippen molar-refractivity contribution in [3.05, 3.63) is 100 Å². The van der Waals surface area contributed by atoms with Crippen molar-refractivity contribution >= 4 is 0 Å². The fourth-order valence-electron chi connectivity index (χ4n) is 4.73. The van der Waals surface area contributed by atoms with Gasteiger partial charge < -0.3 is 14.4 Å². The normalized spacial score (nSPS) is 11.3. The molecule has 2 aromatic heterocycles. The van der Waals surface area contributed by atoms with Crippen LogP contribution in [0, 0.1) is 6.92 Å². The smallest absolute Gasteiger partial charge is 0.528 e. The van der Waals surface area contributed by atoms with Gasteiger partial charge in [0.15, 0.2) is 18.5 Å². The van der Waals surface area contributed by atoms with E-state index in [4.69, 9.17) is 9.72 Å². The molecule has 0 unspecified atom stereocenters. The Kier molecular flexibility index (Phi) is 10.6. The Labute approximate surface area is 288 Å². The van der Waals surface area contributed by atoms with E-state index >= 15 is 0 Å². The molecular weight excluding hydrogens is 588 g/mol. The van der Waals surface area contributed by atoms with Crippen molar-refractivity contribution in [1.82, 2.24) is 19.7 Å². The molecule has 5 rings (SSSR count). The monoisotopic (exact) mass is 614 g/mol. The second-order valence-electron chi connectivity index (χ2n) is 9.68. The van der Waals surface area contributed by atoms with Crippen LogP contribution >= 0.6 is 0 Å². The predicted molar refractivity (Wildman–Crippen MR) is 148 cm³/mol. The van der Waals surface area contributed by atoms with Crippen molar-refractivity contribution in [3.8, 4) is 45.5 Å². The minimum Gasteiger partial charge on any atom is -0.528 e. The van der Waals surface area contributed by atoms with Gasteiger partial charge in [-0.05, 0) is 47.7 Å². The van der Waals surface area contributed by atoms with Gasteiger partial charge in [-0.25, -0.2) is 9.97 Å². The van der Waals surface area contributed by atoms with E-state index in [-0.39, 0.29) is 75.1 Å². The van der Waals surface area contributed by atoms with Gasteiger partial charge in [0.1, 0.15) is 11.6 Å². The zero-order chi connectivity index (χ0) is 29.9. The standard InChI is InChI=1S/C31H27F3N4O4.K/c1-3-6-26-35-19(2)27(22-13-15-23(16-14-22)41-18-31(32,33)34)29(39)38(26)17-20-9-11-21(12-10-20)24-7-4-5-8-25(24)28-36-30(40)42-37-28;/h4-5,7-16H,3,6,17-18H2,1-2H3,(H,36,37,40);/q;+1/p-1. The summed E-state index contributed by atoms with van der Waals surface area (Å²) in [6, 6.07) is 21.0. The molecule has 8 nitrogen and oxygen atoms in total. The number of ether oxygens (including phenoxy) is 1. The van der Waals surface area contributed by atoms with Gasteiger partial charge in [-0.15, -0.1) is 0 Å². The second-order valence-corrected chi connectivity index (χ2v) is 9.68. The van der Waals surface area contributed by atoms with E-state index in [0.29, 0.717) is 34.6 Å². The van der Waals surface area contributed by atoms with E-state index in [2.05, 4.69) is 14.7 Å². The maximum Gasteiger partial charge on any atom is 1.00 e. The van der Waals surface area contributed by atoms with Crippen molar-refractivity contribution < 1.29 is 78.9 Å². The first-order valence-corrected chi connectivity index (χ1v) is 13.2. The van der Waals surface area contributed by atoms with E-state index in [9.17, 15) is 23.1 Å². The van der Waals surface area contributed by atoms with Crippen LogP contribution in [0.3, 0.4) is 0 Å². The number of hydrogen-bond acceptors (Lipinski definition) is 7. The van der Waals surface area contributed by atoms with E-state index in [1.807, 2.05) is 49.4 Å². The molecule has 0 amide bonds. The minimum absolute atomic E-state index is 0. The maximum absolute atomic E-state index is 13.8. The van der Waals surface area contributed by atoms with Crippen LogP contribution in [-0.4, -0.2) is 32.5 Å². The summed E-state index contributed by atoms with van der Waals surface area (Å²) in [6.45, 7) is 2.63. The Morgan fingerprint density at radius 3 is 2.19 bits per heavy atom. The predicted octanol–water partition coefficient (Wildman–Crippen LogP) is 2.96. The molecule has 3 aromatic carbocycles. The Hall–Kier alpha value is -3.29. The van der Waals surface area contributed by atoms with Crippen LogP contribution in [0.2, 0.25) is 0 Å². The average molecular weight is 615 g/mol. The third-order valence-electron chi connectivity index (χ3n) is 6.63. The number of rotatable bonds is 9. The topological polar surface area (TPSA) is 106 Å². The zero-order valence-electron chi connectivity index (χ0n) is 23.8. The van der Waals surface area contributed by atoms with Crippen LogP contribution < -0.4 is 66.8 Å². The van der Waals surface area contributed by atoms with Crippen LogP contribution in [0.1, 0.15) is 30.4 Å². The van der Waals surface area contributed by atoms with Crippen molar-refractivity contribution in [2.24, 2.45) is 0 Å². The molecule has 216 valence electrons. The average Bonchev–Trinajstić information content (AvgIpc) is 3.41. The van der Waals surface area contributed by atoms with E-state index < -0.39 is 18.9 Å². The van der Waals surface area contributed by atoms with Crippen molar-refractivity contribution in [3.63, 3.8) is 0 Å². The van der Waals surface area contributed by atoms with Crippen LogP contribution in [0.5, 0.6) is 11.8 Å². The Morgan fingerprint density at radius 1 is 0.930 bits per heavy atom. The van der Waals surface area contributed by atoms with E-state index in [1.165, 1.54) is 12.1 Å². The van der Waals surface area contributed by atoms with Crippen molar-refractivity contribution in [1.29, 1.82) is 0 Å². The molecule has 43 heavy (non-hydrogen) atoms. The van der Waals surface area contributed by atoms with Gasteiger partial charge in [0.05, 0.1) is 17.8 Å². The maximum atomic E-state index is 13.8. The number of hydrogen-bond donors (Lipinski definition) is 0. The second kappa shape index (κ2) is 14.0. The van der Waals surface area contributed by atoms with E-state index in [0.717, 1.165) is 23.1 Å². The van der Waals surface area contributed by atoms with Crippen molar-refractivity contribution in [2.75, 3.05) is 6.61 Å². The summed E-state index contributed by atoms with van der Waals surface area (Å²) in [5.41, 5.74) is 4.41. The van der Waals surface area contributed by atoms with Crippen LogP contribution in [0.15, 0.2) is 82.1 Å². The van der Waals surface area contributed by atoms with Gasteiger partial charge in [0.25, 0.3) is 5.56 Å². The molecule has 0 aliphatic heterocycles. The molecule has 0 saturated carbocycles. The number of nitrogens with zero attached hydrogens (tertiary/aromatic N) is 4. The third kappa shape index (κ3) is 7.81. The van der Waals surface area contributed by atoms with Gasteiger partial charge in [0.2, 0.25) is 0 Å².